The quantitative estimate of drug-likeness (QED) is 0.789. The minimum Gasteiger partial charge on any atom is -0.374 e. The normalized spacial score (nSPS) is 13.6. The van der Waals surface area contributed by atoms with Crippen molar-refractivity contribution in [1.29, 1.82) is 0 Å². The zero-order valence-corrected chi connectivity index (χ0v) is 11.4. The van der Waals surface area contributed by atoms with Crippen LogP contribution in [0.3, 0.4) is 0 Å². The van der Waals surface area contributed by atoms with Gasteiger partial charge in [0.1, 0.15) is 0 Å². The Bertz CT molecular complexity index is 311. The molecule has 0 spiro atoms. The molecule has 1 heterocycles. The second kappa shape index (κ2) is 6.72. The van der Waals surface area contributed by atoms with Crippen molar-refractivity contribution in [2.75, 3.05) is 13.2 Å². The maximum absolute atomic E-state index is 5.84. The molecule has 0 fully saturated rings. The van der Waals surface area contributed by atoms with E-state index in [0.717, 1.165) is 19.6 Å². The lowest BCUT2D eigenvalue weighted by molar-refractivity contribution is -0.0376. The molecule has 0 saturated heterocycles. The number of aromatic nitrogens is 1. The van der Waals surface area contributed by atoms with Gasteiger partial charge in [-0.1, -0.05) is 6.92 Å². The summed E-state index contributed by atoms with van der Waals surface area (Å²) in [5.74, 6) is 0. The van der Waals surface area contributed by atoms with E-state index >= 15 is 0 Å². The van der Waals surface area contributed by atoms with Gasteiger partial charge in [-0.3, -0.25) is 4.98 Å². The Morgan fingerprint density at radius 3 is 2.47 bits per heavy atom. The van der Waals surface area contributed by atoms with Gasteiger partial charge in [-0.2, -0.15) is 0 Å². The average molecular weight is 236 g/mol. The van der Waals surface area contributed by atoms with Crippen LogP contribution < -0.4 is 5.32 Å². The van der Waals surface area contributed by atoms with E-state index in [4.69, 9.17) is 4.74 Å². The summed E-state index contributed by atoms with van der Waals surface area (Å²) in [6.45, 7) is 10.1. The molecule has 0 aromatic carbocycles. The highest BCUT2D eigenvalue weighted by Crippen LogP contribution is 2.18. The van der Waals surface area contributed by atoms with Crippen molar-refractivity contribution in [1.82, 2.24) is 10.3 Å². The van der Waals surface area contributed by atoms with Crippen molar-refractivity contribution < 1.29 is 4.74 Å². The van der Waals surface area contributed by atoms with Gasteiger partial charge in [0.15, 0.2) is 0 Å². The van der Waals surface area contributed by atoms with Gasteiger partial charge in [0, 0.05) is 25.0 Å². The van der Waals surface area contributed by atoms with E-state index in [1.54, 1.807) is 0 Å². The number of ether oxygens (including phenoxy) is 1. The molecule has 0 saturated carbocycles. The van der Waals surface area contributed by atoms with Crippen molar-refractivity contribution in [3.63, 3.8) is 0 Å². The summed E-state index contributed by atoms with van der Waals surface area (Å²) in [7, 11) is 0. The number of likely N-dealkylation sites (N-methyl/N-ethyl adjacent to an activating group) is 1. The molecule has 0 aliphatic carbocycles. The number of pyridine rings is 1. The fourth-order valence-electron chi connectivity index (χ4n) is 2.04. The Kier molecular flexibility index (Phi) is 5.59. The maximum atomic E-state index is 5.84. The van der Waals surface area contributed by atoms with Crippen molar-refractivity contribution in [2.24, 2.45) is 0 Å². The Morgan fingerprint density at radius 1 is 1.29 bits per heavy atom. The van der Waals surface area contributed by atoms with E-state index in [2.05, 4.69) is 43.2 Å². The van der Waals surface area contributed by atoms with E-state index in [1.807, 2.05) is 19.3 Å². The molecule has 96 valence electrons. The summed E-state index contributed by atoms with van der Waals surface area (Å²) in [6.07, 6.45) is 4.64. The van der Waals surface area contributed by atoms with Gasteiger partial charge < -0.3 is 10.1 Å². The number of nitrogens with zero attached hydrogens (tertiary/aromatic N) is 1. The standard InChI is InChI=1S/C14H24N2O/c1-5-16-13(14(3,4)17-6-2)11-12-7-9-15-10-8-12/h7-10,13,16H,5-6,11H2,1-4H3. The highest BCUT2D eigenvalue weighted by Gasteiger charge is 2.29. The highest BCUT2D eigenvalue weighted by atomic mass is 16.5. The summed E-state index contributed by atoms with van der Waals surface area (Å²) >= 11 is 0. The van der Waals surface area contributed by atoms with Crippen LogP contribution in [0.25, 0.3) is 0 Å². The summed E-state index contributed by atoms with van der Waals surface area (Å²) < 4.78 is 5.84. The zero-order valence-electron chi connectivity index (χ0n) is 11.4. The van der Waals surface area contributed by atoms with Crippen LogP contribution in [0.1, 0.15) is 33.3 Å². The number of rotatable bonds is 7. The van der Waals surface area contributed by atoms with Crippen LogP contribution in [0.2, 0.25) is 0 Å². The Hall–Kier alpha value is -0.930. The van der Waals surface area contributed by atoms with Gasteiger partial charge in [0.2, 0.25) is 0 Å². The number of nitrogens with one attached hydrogen (secondary N) is 1. The van der Waals surface area contributed by atoms with Crippen molar-refractivity contribution >= 4 is 0 Å². The molecule has 1 aromatic heterocycles. The molecule has 17 heavy (non-hydrogen) atoms. The van der Waals surface area contributed by atoms with Crippen LogP contribution in [0.5, 0.6) is 0 Å². The first-order valence-corrected chi connectivity index (χ1v) is 6.36. The van der Waals surface area contributed by atoms with Gasteiger partial charge >= 0.3 is 0 Å². The SMILES string of the molecule is CCNC(Cc1ccncc1)C(C)(C)OCC. The summed E-state index contributed by atoms with van der Waals surface area (Å²) in [5.41, 5.74) is 1.13. The largest absolute Gasteiger partial charge is 0.374 e. The Morgan fingerprint density at radius 2 is 1.94 bits per heavy atom. The van der Waals surface area contributed by atoms with Crippen molar-refractivity contribution in [3.05, 3.63) is 30.1 Å². The van der Waals surface area contributed by atoms with Gasteiger partial charge in [-0.15, -0.1) is 0 Å². The van der Waals surface area contributed by atoms with E-state index in [9.17, 15) is 0 Å². The summed E-state index contributed by atoms with van der Waals surface area (Å²) in [4.78, 5) is 4.05. The van der Waals surface area contributed by atoms with Gasteiger partial charge in [0.05, 0.1) is 5.60 Å². The minimum absolute atomic E-state index is 0.159. The molecule has 1 rings (SSSR count). The van der Waals surface area contributed by atoms with Gasteiger partial charge in [-0.25, -0.2) is 0 Å². The molecule has 1 unspecified atom stereocenters. The lowest BCUT2D eigenvalue weighted by Gasteiger charge is -2.35. The lowest BCUT2D eigenvalue weighted by Crippen LogP contribution is -2.50. The second-order valence-electron chi connectivity index (χ2n) is 4.71. The zero-order chi connectivity index (χ0) is 12.7. The third-order valence-electron chi connectivity index (χ3n) is 3.00. The van der Waals surface area contributed by atoms with E-state index < -0.39 is 0 Å². The Labute approximate surface area is 105 Å². The first-order valence-electron chi connectivity index (χ1n) is 6.36. The van der Waals surface area contributed by atoms with Crippen LogP contribution >= 0.6 is 0 Å². The highest BCUT2D eigenvalue weighted by molar-refractivity contribution is 5.12. The fraction of sp³-hybridized carbons (Fsp3) is 0.643. The number of hydrogen-bond acceptors (Lipinski definition) is 3. The summed E-state index contributed by atoms with van der Waals surface area (Å²) in [5, 5.41) is 3.51. The maximum Gasteiger partial charge on any atom is 0.0781 e. The molecule has 3 heteroatoms. The second-order valence-corrected chi connectivity index (χ2v) is 4.71. The smallest absolute Gasteiger partial charge is 0.0781 e. The minimum atomic E-state index is -0.159. The first-order chi connectivity index (χ1) is 8.10. The van der Waals surface area contributed by atoms with E-state index in [-0.39, 0.29) is 5.60 Å². The number of hydrogen-bond donors (Lipinski definition) is 1. The van der Waals surface area contributed by atoms with Crippen molar-refractivity contribution in [3.8, 4) is 0 Å². The first kappa shape index (κ1) is 14.1. The van der Waals surface area contributed by atoms with E-state index in [1.165, 1.54) is 5.56 Å². The molecule has 1 N–H and O–H groups in total. The van der Waals surface area contributed by atoms with Gasteiger partial charge in [0.25, 0.3) is 0 Å². The van der Waals surface area contributed by atoms with Crippen LogP contribution in [-0.4, -0.2) is 29.8 Å². The molecule has 1 atom stereocenters. The van der Waals surface area contributed by atoms with Crippen LogP contribution in [-0.2, 0) is 11.2 Å². The topological polar surface area (TPSA) is 34.2 Å². The molecule has 0 amide bonds. The average Bonchev–Trinajstić information content (AvgIpc) is 2.30. The summed E-state index contributed by atoms with van der Waals surface area (Å²) in [6, 6.07) is 4.44. The molecule has 0 bridgehead atoms. The predicted octanol–water partition coefficient (Wildman–Crippen LogP) is 2.42. The van der Waals surface area contributed by atoms with Crippen molar-refractivity contribution in [2.45, 2.75) is 45.8 Å². The van der Waals surface area contributed by atoms with Crippen LogP contribution in [0.15, 0.2) is 24.5 Å². The lowest BCUT2D eigenvalue weighted by atomic mass is 9.92. The predicted molar refractivity (Wildman–Crippen MR) is 71.1 cm³/mol. The van der Waals surface area contributed by atoms with Gasteiger partial charge in [-0.05, 0) is 51.4 Å². The molecule has 0 aliphatic rings. The van der Waals surface area contributed by atoms with Crippen LogP contribution in [0, 0.1) is 0 Å². The molecular weight excluding hydrogens is 212 g/mol. The third kappa shape index (κ3) is 4.44. The molecular formula is C14H24N2O. The molecule has 0 aliphatic heterocycles. The third-order valence-corrected chi connectivity index (χ3v) is 3.00. The molecule has 0 radical (unpaired) electrons. The van der Waals surface area contributed by atoms with Crippen LogP contribution in [0.4, 0.5) is 0 Å². The Balaban J connectivity index is 2.72. The molecule has 3 nitrogen and oxygen atoms in total. The monoisotopic (exact) mass is 236 g/mol. The van der Waals surface area contributed by atoms with E-state index in [0.29, 0.717) is 6.04 Å². The molecule has 1 aromatic rings. The fourth-order valence-corrected chi connectivity index (χ4v) is 2.04.